The summed E-state index contributed by atoms with van der Waals surface area (Å²) in [5.41, 5.74) is 0. The van der Waals surface area contributed by atoms with Gasteiger partial charge in [-0.3, -0.25) is 0 Å². The van der Waals surface area contributed by atoms with Crippen molar-refractivity contribution in [3.05, 3.63) is 72.8 Å². The summed E-state index contributed by atoms with van der Waals surface area (Å²) >= 11 is 0. The Morgan fingerprint density at radius 2 is 0.903 bits per heavy atom. The lowest BCUT2D eigenvalue weighted by Gasteiger charge is -2.20. The molecule has 9 nitrogen and oxygen atoms in total. The maximum atomic E-state index is 10.9. The molecule has 4 N–H and O–H groups in total. The molecule has 0 saturated carbocycles. The minimum Gasteiger partial charge on any atom is -0.427 e. The van der Waals surface area contributed by atoms with Gasteiger partial charge in [-0.1, -0.05) is 36.4 Å². The topological polar surface area (TPSA) is 143 Å². The first kappa shape index (κ1) is 23.9. The average Bonchev–Trinajstić information content (AvgIpc) is 2.71. The molecular weight excluding hydrogens is 484 g/mol. The molecular formula is C18H18O9P4. The van der Waals surface area contributed by atoms with Crippen molar-refractivity contribution in [1.82, 2.24) is 0 Å². The zero-order valence-corrected chi connectivity index (χ0v) is 19.4. The predicted molar refractivity (Wildman–Crippen MR) is 121 cm³/mol. The van der Waals surface area contributed by atoms with Gasteiger partial charge in [-0.25, -0.2) is 9.13 Å². The highest BCUT2D eigenvalue weighted by molar-refractivity contribution is 7.79. The van der Waals surface area contributed by atoms with E-state index < -0.39 is 33.0 Å². The van der Waals surface area contributed by atoms with Gasteiger partial charge in [0.2, 0.25) is 0 Å². The highest BCUT2D eigenvalue weighted by Gasteiger charge is 2.18. The molecule has 2 atom stereocenters. The first-order chi connectivity index (χ1) is 14.8. The SMILES string of the molecule is O=[PH](O)Oc1ccc(P(c2ccc(OP(O)O)cc2)c2ccc(O[PH](=O)O)cc2)cc1. The summed E-state index contributed by atoms with van der Waals surface area (Å²) < 4.78 is 36.4. The Kier molecular flexibility index (Phi) is 8.62. The van der Waals surface area contributed by atoms with E-state index in [0.717, 1.165) is 15.9 Å². The molecule has 0 saturated heterocycles. The largest absolute Gasteiger partial charge is 0.427 e. The molecule has 3 aromatic carbocycles. The molecule has 0 fully saturated rings. The van der Waals surface area contributed by atoms with Gasteiger partial charge in [0.1, 0.15) is 17.2 Å². The minimum absolute atomic E-state index is 0.268. The summed E-state index contributed by atoms with van der Waals surface area (Å²) in [6.45, 7) is 0. The van der Waals surface area contributed by atoms with Crippen LogP contribution in [0.15, 0.2) is 72.8 Å². The monoisotopic (exact) mass is 502 g/mol. The zero-order chi connectivity index (χ0) is 22.4. The molecule has 0 aliphatic rings. The van der Waals surface area contributed by atoms with Gasteiger partial charge >= 0.3 is 25.1 Å². The van der Waals surface area contributed by atoms with Crippen LogP contribution in [-0.4, -0.2) is 19.6 Å². The molecule has 31 heavy (non-hydrogen) atoms. The van der Waals surface area contributed by atoms with E-state index in [1.807, 2.05) is 0 Å². The van der Waals surface area contributed by atoms with Gasteiger partial charge in [-0.15, -0.1) is 0 Å². The van der Waals surface area contributed by atoms with Crippen molar-refractivity contribution in [2.45, 2.75) is 0 Å². The van der Waals surface area contributed by atoms with Crippen LogP contribution in [0.5, 0.6) is 17.2 Å². The molecule has 2 unspecified atom stereocenters. The lowest BCUT2D eigenvalue weighted by atomic mass is 10.3. The van der Waals surface area contributed by atoms with Gasteiger partial charge in [0.25, 0.3) is 0 Å². The fourth-order valence-corrected chi connectivity index (χ4v) is 5.95. The summed E-state index contributed by atoms with van der Waals surface area (Å²) in [6, 6.07) is 20.4. The third-order valence-electron chi connectivity index (χ3n) is 3.88. The molecule has 3 aromatic rings. The molecule has 0 aromatic heterocycles. The Bertz CT molecular complexity index is 982. The fourth-order valence-electron chi connectivity index (χ4n) is 2.73. The molecule has 0 bridgehead atoms. The second kappa shape index (κ2) is 11.2. The van der Waals surface area contributed by atoms with Gasteiger partial charge < -0.3 is 33.1 Å². The van der Waals surface area contributed by atoms with Gasteiger partial charge in [-0.2, -0.15) is 0 Å². The Labute approximate surface area is 181 Å². The van der Waals surface area contributed by atoms with Crippen molar-refractivity contribution in [2.75, 3.05) is 0 Å². The van der Waals surface area contributed by atoms with Crippen molar-refractivity contribution >= 4 is 48.9 Å². The van der Waals surface area contributed by atoms with E-state index in [0.29, 0.717) is 5.75 Å². The highest BCUT2D eigenvalue weighted by Crippen LogP contribution is 2.36. The molecule has 164 valence electrons. The fraction of sp³-hybridized carbons (Fsp3) is 0. The second-order valence-electron chi connectivity index (χ2n) is 5.90. The lowest BCUT2D eigenvalue weighted by molar-refractivity contribution is 0.375. The van der Waals surface area contributed by atoms with Crippen molar-refractivity contribution in [1.29, 1.82) is 0 Å². The Hall–Kier alpha value is -1.78. The summed E-state index contributed by atoms with van der Waals surface area (Å²) in [4.78, 5) is 35.9. The van der Waals surface area contributed by atoms with E-state index in [9.17, 15) is 9.13 Å². The molecule has 0 radical (unpaired) electrons. The number of benzene rings is 3. The van der Waals surface area contributed by atoms with Crippen LogP contribution in [0.4, 0.5) is 0 Å². The first-order valence-electron chi connectivity index (χ1n) is 8.59. The van der Waals surface area contributed by atoms with Crippen LogP contribution in [0.2, 0.25) is 0 Å². The van der Waals surface area contributed by atoms with Crippen LogP contribution in [-0.2, 0) is 9.13 Å². The molecule has 13 heteroatoms. The molecule has 0 spiro atoms. The van der Waals surface area contributed by atoms with Gasteiger partial charge in [-0.05, 0) is 60.2 Å². The van der Waals surface area contributed by atoms with Gasteiger partial charge in [0.05, 0.1) is 0 Å². The quantitative estimate of drug-likeness (QED) is 0.325. The third kappa shape index (κ3) is 7.11. The maximum absolute atomic E-state index is 10.9. The van der Waals surface area contributed by atoms with Crippen LogP contribution in [0.25, 0.3) is 0 Å². The number of rotatable bonds is 9. The third-order valence-corrected chi connectivity index (χ3v) is 7.52. The van der Waals surface area contributed by atoms with E-state index >= 15 is 0 Å². The maximum Gasteiger partial charge on any atom is 0.391 e. The molecule has 0 heterocycles. The van der Waals surface area contributed by atoms with E-state index in [4.69, 9.17) is 33.1 Å². The number of hydrogen-bond donors (Lipinski definition) is 4. The summed E-state index contributed by atoms with van der Waals surface area (Å²) in [6.07, 6.45) is 0. The predicted octanol–water partition coefficient (Wildman–Crippen LogP) is 2.56. The van der Waals surface area contributed by atoms with Crippen molar-refractivity contribution in [3.8, 4) is 17.2 Å². The van der Waals surface area contributed by atoms with E-state index in [-0.39, 0.29) is 11.5 Å². The Morgan fingerprint density at radius 3 is 1.19 bits per heavy atom. The minimum atomic E-state index is -3.11. The average molecular weight is 502 g/mol. The lowest BCUT2D eigenvalue weighted by Crippen LogP contribution is -2.20. The van der Waals surface area contributed by atoms with E-state index in [1.54, 1.807) is 72.8 Å². The van der Waals surface area contributed by atoms with Crippen LogP contribution in [0, 0.1) is 0 Å². The summed E-state index contributed by atoms with van der Waals surface area (Å²) in [7, 11) is -9.83. The summed E-state index contributed by atoms with van der Waals surface area (Å²) in [5, 5.41) is 2.73. The summed E-state index contributed by atoms with van der Waals surface area (Å²) in [5.74, 6) is 0.846. The Balaban J connectivity index is 1.97. The molecule has 3 rings (SSSR count). The van der Waals surface area contributed by atoms with Crippen LogP contribution < -0.4 is 29.5 Å². The normalized spacial score (nSPS) is 14.0. The van der Waals surface area contributed by atoms with Crippen molar-refractivity contribution in [2.24, 2.45) is 0 Å². The molecule has 0 amide bonds. The van der Waals surface area contributed by atoms with Gasteiger partial charge in [0, 0.05) is 0 Å². The van der Waals surface area contributed by atoms with Gasteiger partial charge in [0.15, 0.2) is 0 Å². The first-order valence-corrected chi connectivity index (χ1v) is 13.6. The van der Waals surface area contributed by atoms with Crippen LogP contribution in [0.3, 0.4) is 0 Å². The molecule has 0 aliphatic carbocycles. The van der Waals surface area contributed by atoms with E-state index in [1.165, 1.54) is 0 Å². The smallest absolute Gasteiger partial charge is 0.391 e. The Morgan fingerprint density at radius 1 is 0.581 bits per heavy atom. The van der Waals surface area contributed by atoms with E-state index in [2.05, 4.69) is 0 Å². The van der Waals surface area contributed by atoms with Crippen LogP contribution >= 0.6 is 33.0 Å². The van der Waals surface area contributed by atoms with Crippen molar-refractivity contribution < 1.29 is 42.3 Å². The zero-order valence-electron chi connectivity index (χ0n) is 15.7. The number of hydrogen-bond acceptors (Lipinski definition) is 7. The van der Waals surface area contributed by atoms with Crippen LogP contribution in [0.1, 0.15) is 0 Å². The molecule has 0 aliphatic heterocycles. The highest BCUT2D eigenvalue weighted by atomic mass is 31.2. The standard InChI is InChI=1S/C18H18O9P4/c19-29(20)25-13-1-7-16(8-2-13)28(17-9-3-14(4-10-17)26-30(21)22)18-11-5-15(6-12-18)27-31(23)24/h1-12,19-20,30-31H,(H,21,22)(H,23,24). The second-order valence-corrected chi connectivity index (χ2v) is 10.3. The van der Waals surface area contributed by atoms with Crippen molar-refractivity contribution in [3.63, 3.8) is 0 Å².